The molecular formula is C35H45N5O3. The first-order valence-corrected chi connectivity index (χ1v) is 14.7. The van der Waals surface area contributed by atoms with Crippen LogP contribution in [0.15, 0.2) is 84.9 Å². The highest BCUT2D eigenvalue weighted by Gasteiger charge is 2.66. The number of likely N-dealkylation sites (N-methyl/N-ethyl adjacent to an activating group) is 3. The van der Waals surface area contributed by atoms with Crippen molar-refractivity contribution in [2.75, 3.05) is 35.2 Å². The van der Waals surface area contributed by atoms with Crippen molar-refractivity contribution in [1.82, 2.24) is 19.8 Å². The second-order valence-corrected chi connectivity index (χ2v) is 12.6. The second-order valence-electron chi connectivity index (χ2n) is 12.6. The minimum Gasteiger partial charge on any atom is -0.330 e. The standard InChI is InChI=1S/C35H45N5O3/c1-34(2,36)21-13-18-31(41)38(5)30(23-25-19-20-26-14-11-12-17-28(26)22-25)32(42)39(6)35(33(43)40(7)37(3)4)24-29(35)27-15-9-8-10-16-27/h8-20,22,29-30H,21,23-24,36H2,1-7H3/b18-13+/t29?,30-,35+/m1/s1. The summed E-state index contributed by atoms with van der Waals surface area (Å²) < 4.78 is 0. The molecule has 3 amide bonds. The molecule has 3 aromatic carbocycles. The van der Waals surface area contributed by atoms with Crippen molar-refractivity contribution in [3.8, 4) is 0 Å². The first-order valence-electron chi connectivity index (χ1n) is 14.7. The molecule has 0 bridgehead atoms. The Morgan fingerprint density at radius 3 is 2.19 bits per heavy atom. The third-order valence-electron chi connectivity index (χ3n) is 8.57. The molecule has 8 nitrogen and oxygen atoms in total. The van der Waals surface area contributed by atoms with Gasteiger partial charge in [0.2, 0.25) is 11.8 Å². The smallest absolute Gasteiger partial charge is 0.263 e. The van der Waals surface area contributed by atoms with Crippen LogP contribution < -0.4 is 5.73 Å². The normalized spacial score (nSPS) is 19.0. The summed E-state index contributed by atoms with van der Waals surface area (Å²) in [5.41, 5.74) is 6.51. The molecule has 43 heavy (non-hydrogen) atoms. The quantitative estimate of drug-likeness (QED) is 0.270. The molecule has 0 radical (unpaired) electrons. The highest BCUT2D eigenvalue weighted by atomic mass is 16.2. The first-order chi connectivity index (χ1) is 20.3. The molecule has 1 aliphatic rings. The van der Waals surface area contributed by atoms with E-state index >= 15 is 0 Å². The number of hydrazine groups is 1. The molecular weight excluding hydrogens is 538 g/mol. The molecule has 0 saturated heterocycles. The fourth-order valence-corrected chi connectivity index (χ4v) is 5.68. The molecule has 3 aromatic rings. The van der Waals surface area contributed by atoms with Crippen molar-refractivity contribution in [2.24, 2.45) is 5.73 Å². The van der Waals surface area contributed by atoms with Crippen molar-refractivity contribution in [3.63, 3.8) is 0 Å². The molecule has 0 heterocycles. The van der Waals surface area contributed by atoms with Crippen LogP contribution in [0.25, 0.3) is 10.8 Å². The zero-order chi connectivity index (χ0) is 31.5. The lowest BCUT2D eigenvalue weighted by Gasteiger charge is -2.38. The van der Waals surface area contributed by atoms with E-state index in [1.165, 1.54) is 11.0 Å². The lowest BCUT2D eigenvalue weighted by atomic mass is 9.98. The monoisotopic (exact) mass is 583 g/mol. The molecule has 4 rings (SSSR count). The van der Waals surface area contributed by atoms with Crippen LogP contribution in [0.3, 0.4) is 0 Å². The Morgan fingerprint density at radius 2 is 1.56 bits per heavy atom. The van der Waals surface area contributed by atoms with E-state index in [1.54, 1.807) is 56.2 Å². The van der Waals surface area contributed by atoms with E-state index in [2.05, 4.69) is 6.07 Å². The van der Waals surface area contributed by atoms with Gasteiger partial charge in [-0.05, 0) is 54.7 Å². The summed E-state index contributed by atoms with van der Waals surface area (Å²) in [5, 5.41) is 5.43. The Balaban J connectivity index is 1.71. The van der Waals surface area contributed by atoms with E-state index in [1.807, 2.05) is 80.6 Å². The fourth-order valence-electron chi connectivity index (χ4n) is 5.68. The average Bonchev–Trinajstić information content (AvgIpc) is 3.74. The number of nitrogens with two attached hydrogens (primary N) is 1. The van der Waals surface area contributed by atoms with Crippen LogP contribution in [0.5, 0.6) is 0 Å². The Bertz CT molecular complexity index is 1500. The fraction of sp³-hybridized carbons (Fsp3) is 0.400. The lowest BCUT2D eigenvalue weighted by molar-refractivity contribution is -0.157. The molecule has 0 spiro atoms. The first kappa shape index (κ1) is 31.9. The summed E-state index contributed by atoms with van der Waals surface area (Å²) in [6.07, 6.45) is 4.56. The number of carbonyl (C=O) groups excluding carboxylic acids is 3. The molecule has 1 unspecified atom stereocenters. The number of hydrogen-bond donors (Lipinski definition) is 1. The Morgan fingerprint density at radius 1 is 0.930 bits per heavy atom. The van der Waals surface area contributed by atoms with Gasteiger partial charge in [0.05, 0.1) is 0 Å². The van der Waals surface area contributed by atoms with Crippen molar-refractivity contribution >= 4 is 28.5 Å². The van der Waals surface area contributed by atoms with Crippen LogP contribution in [-0.4, -0.2) is 89.9 Å². The topological polar surface area (TPSA) is 90.2 Å². The van der Waals surface area contributed by atoms with Crippen LogP contribution >= 0.6 is 0 Å². The van der Waals surface area contributed by atoms with Crippen LogP contribution in [0.4, 0.5) is 0 Å². The SMILES string of the molecule is CN(C(=O)/C=C/CC(C)(C)N)[C@H](Cc1ccc2ccccc2c1)C(=O)N(C)[C@@]1(C(=O)N(C)N(C)C)CC1c1ccccc1. The van der Waals surface area contributed by atoms with E-state index < -0.39 is 17.1 Å². The van der Waals surface area contributed by atoms with E-state index in [0.717, 1.165) is 21.9 Å². The number of amides is 3. The number of carbonyl (C=O) groups is 3. The predicted molar refractivity (Wildman–Crippen MR) is 172 cm³/mol. The summed E-state index contributed by atoms with van der Waals surface area (Å²) in [7, 11) is 8.67. The van der Waals surface area contributed by atoms with Gasteiger partial charge in [-0.1, -0.05) is 78.9 Å². The molecule has 0 aliphatic heterocycles. The van der Waals surface area contributed by atoms with E-state index in [-0.39, 0.29) is 23.6 Å². The number of hydrogen-bond acceptors (Lipinski definition) is 5. The molecule has 1 aliphatic carbocycles. The maximum absolute atomic E-state index is 14.6. The van der Waals surface area contributed by atoms with Crippen LogP contribution in [-0.2, 0) is 20.8 Å². The summed E-state index contributed by atoms with van der Waals surface area (Å²) >= 11 is 0. The number of nitrogens with zero attached hydrogens (tertiary/aromatic N) is 4. The lowest BCUT2D eigenvalue weighted by Crippen LogP contribution is -2.58. The third kappa shape index (κ3) is 6.98. The third-order valence-corrected chi connectivity index (χ3v) is 8.57. The van der Waals surface area contributed by atoms with Crippen molar-refractivity contribution in [2.45, 2.75) is 56.1 Å². The molecule has 1 fully saturated rings. The molecule has 8 heteroatoms. The molecule has 3 atom stereocenters. The Hall–Kier alpha value is -4.01. The van der Waals surface area contributed by atoms with Gasteiger partial charge in [0.15, 0.2) is 0 Å². The molecule has 2 N–H and O–H groups in total. The Kier molecular flexibility index (Phi) is 9.42. The highest BCUT2D eigenvalue weighted by molar-refractivity contribution is 5.99. The minimum absolute atomic E-state index is 0.161. The maximum Gasteiger partial charge on any atom is 0.263 e. The number of rotatable bonds is 11. The summed E-state index contributed by atoms with van der Waals surface area (Å²) in [6, 6.07) is 23.1. The van der Waals surface area contributed by atoms with Gasteiger partial charge in [0.25, 0.3) is 5.91 Å². The van der Waals surface area contributed by atoms with Crippen LogP contribution in [0.2, 0.25) is 0 Å². The van der Waals surface area contributed by atoms with Gasteiger partial charge < -0.3 is 15.5 Å². The van der Waals surface area contributed by atoms with Gasteiger partial charge in [-0.2, -0.15) is 0 Å². The zero-order valence-electron chi connectivity index (χ0n) is 26.4. The van der Waals surface area contributed by atoms with Crippen LogP contribution in [0, 0.1) is 0 Å². The van der Waals surface area contributed by atoms with Gasteiger partial charge in [0.1, 0.15) is 11.6 Å². The second kappa shape index (κ2) is 12.7. The van der Waals surface area contributed by atoms with Gasteiger partial charge in [-0.25, -0.2) is 5.01 Å². The van der Waals surface area contributed by atoms with Crippen molar-refractivity contribution < 1.29 is 14.4 Å². The largest absolute Gasteiger partial charge is 0.330 e. The Labute approximate surface area is 255 Å². The minimum atomic E-state index is -1.07. The predicted octanol–water partition coefficient (Wildman–Crippen LogP) is 4.21. The highest BCUT2D eigenvalue weighted by Crippen LogP contribution is 2.56. The van der Waals surface area contributed by atoms with E-state index in [9.17, 15) is 14.4 Å². The number of fused-ring (bicyclic) bond motifs is 1. The van der Waals surface area contributed by atoms with E-state index in [0.29, 0.717) is 19.3 Å². The number of benzene rings is 3. The van der Waals surface area contributed by atoms with E-state index in [4.69, 9.17) is 5.73 Å². The van der Waals surface area contributed by atoms with Gasteiger partial charge in [0, 0.05) is 53.1 Å². The molecule has 0 aromatic heterocycles. The van der Waals surface area contributed by atoms with Gasteiger partial charge in [-0.3, -0.25) is 19.4 Å². The summed E-state index contributed by atoms with van der Waals surface area (Å²) in [4.78, 5) is 45.1. The molecule has 1 saturated carbocycles. The van der Waals surface area contributed by atoms with Crippen molar-refractivity contribution in [3.05, 3.63) is 96.1 Å². The van der Waals surface area contributed by atoms with Gasteiger partial charge in [-0.15, -0.1) is 0 Å². The van der Waals surface area contributed by atoms with Gasteiger partial charge >= 0.3 is 0 Å². The summed E-state index contributed by atoms with van der Waals surface area (Å²) in [5.74, 6) is -0.897. The average molecular weight is 584 g/mol. The van der Waals surface area contributed by atoms with Crippen LogP contribution in [0.1, 0.15) is 43.7 Å². The maximum atomic E-state index is 14.6. The summed E-state index contributed by atoms with van der Waals surface area (Å²) in [6.45, 7) is 3.79. The zero-order valence-corrected chi connectivity index (χ0v) is 26.4. The van der Waals surface area contributed by atoms with Crippen molar-refractivity contribution in [1.29, 1.82) is 0 Å². The molecule has 228 valence electrons.